The number of aromatic amines is 2. The molecule has 158 valence electrons. The molecule has 0 radical (unpaired) electrons. The Kier molecular flexibility index (Phi) is 4.97. The number of H-pyrrole nitrogens is 2. The summed E-state index contributed by atoms with van der Waals surface area (Å²) in [6.45, 7) is 3.68. The molecule has 2 fully saturated rings. The predicted octanol–water partition coefficient (Wildman–Crippen LogP) is 0.740. The van der Waals surface area contributed by atoms with Crippen molar-refractivity contribution in [1.82, 2.24) is 24.5 Å². The lowest BCUT2D eigenvalue weighted by Gasteiger charge is -2.28. The van der Waals surface area contributed by atoms with Gasteiger partial charge >= 0.3 is 5.69 Å². The number of aromatic nitrogens is 5. The van der Waals surface area contributed by atoms with Crippen LogP contribution in [0.5, 0.6) is 0 Å². The molecule has 3 aromatic rings. The Morgan fingerprint density at radius 3 is 2.60 bits per heavy atom. The molecule has 2 saturated heterocycles. The SMILES string of the molecule is O=c1[nH]cccc1Nc1nc(N2CCOCC2)c2[nH]c(=O)n(C3CCOCC3)c2n1. The highest BCUT2D eigenvalue weighted by atomic mass is 16.5. The minimum atomic E-state index is -0.273. The van der Waals surface area contributed by atoms with Crippen LogP contribution >= 0.6 is 0 Å². The minimum absolute atomic E-state index is 0.000386. The molecule has 5 heterocycles. The highest BCUT2D eigenvalue weighted by Crippen LogP contribution is 2.28. The molecule has 5 rings (SSSR count). The number of pyridine rings is 1. The van der Waals surface area contributed by atoms with Crippen molar-refractivity contribution in [3.8, 4) is 0 Å². The molecule has 2 aliphatic rings. The van der Waals surface area contributed by atoms with Crippen LogP contribution in [0.3, 0.4) is 0 Å². The van der Waals surface area contributed by atoms with Crippen molar-refractivity contribution >= 4 is 28.6 Å². The van der Waals surface area contributed by atoms with Gasteiger partial charge in [-0.25, -0.2) is 4.79 Å². The third-order valence-electron chi connectivity index (χ3n) is 5.48. The summed E-state index contributed by atoms with van der Waals surface area (Å²) in [5.74, 6) is 0.890. The van der Waals surface area contributed by atoms with E-state index in [1.807, 2.05) is 0 Å². The second-order valence-electron chi connectivity index (χ2n) is 7.35. The summed E-state index contributed by atoms with van der Waals surface area (Å²) in [6, 6.07) is 3.38. The Morgan fingerprint density at radius 1 is 1.07 bits per heavy atom. The van der Waals surface area contributed by atoms with Crippen LogP contribution in [0.1, 0.15) is 18.9 Å². The molecule has 2 aliphatic heterocycles. The summed E-state index contributed by atoms with van der Waals surface area (Å²) in [5.41, 5.74) is 0.972. The van der Waals surface area contributed by atoms with Crippen LogP contribution in [0.2, 0.25) is 0 Å². The molecule has 0 saturated carbocycles. The lowest BCUT2D eigenvalue weighted by atomic mass is 10.1. The summed E-state index contributed by atoms with van der Waals surface area (Å²) in [6.07, 6.45) is 3.04. The molecule has 0 atom stereocenters. The highest BCUT2D eigenvalue weighted by Gasteiger charge is 2.26. The van der Waals surface area contributed by atoms with Crippen LogP contribution < -0.4 is 21.5 Å². The monoisotopic (exact) mass is 413 g/mol. The van der Waals surface area contributed by atoms with Crippen LogP contribution in [0, 0.1) is 0 Å². The zero-order valence-electron chi connectivity index (χ0n) is 16.4. The number of ether oxygens (including phenoxy) is 2. The Morgan fingerprint density at radius 2 is 1.83 bits per heavy atom. The molecular weight excluding hydrogens is 390 g/mol. The van der Waals surface area contributed by atoms with Gasteiger partial charge in [0.05, 0.1) is 13.2 Å². The van der Waals surface area contributed by atoms with Crippen molar-refractivity contribution in [2.75, 3.05) is 49.7 Å². The van der Waals surface area contributed by atoms with E-state index in [1.165, 1.54) is 0 Å². The fourth-order valence-corrected chi connectivity index (χ4v) is 3.97. The van der Waals surface area contributed by atoms with Gasteiger partial charge in [0.2, 0.25) is 5.95 Å². The predicted molar refractivity (Wildman–Crippen MR) is 111 cm³/mol. The highest BCUT2D eigenvalue weighted by molar-refractivity contribution is 5.85. The molecule has 11 nitrogen and oxygen atoms in total. The number of fused-ring (bicyclic) bond motifs is 1. The molecule has 0 spiro atoms. The quantitative estimate of drug-likeness (QED) is 0.571. The lowest BCUT2D eigenvalue weighted by molar-refractivity contribution is 0.0697. The van der Waals surface area contributed by atoms with E-state index in [4.69, 9.17) is 9.47 Å². The maximum absolute atomic E-state index is 12.9. The Labute approximate surface area is 171 Å². The number of rotatable bonds is 4. The average Bonchev–Trinajstić information content (AvgIpc) is 3.11. The van der Waals surface area contributed by atoms with Crippen molar-refractivity contribution < 1.29 is 9.47 Å². The van der Waals surface area contributed by atoms with Gasteiger partial charge in [-0.05, 0) is 25.0 Å². The maximum Gasteiger partial charge on any atom is 0.328 e. The first-order valence-corrected chi connectivity index (χ1v) is 10.1. The van der Waals surface area contributed by atoms with Crippen LogP contribution in [-0.2, 0) is 9.47 Å². The van der Waals surface area contributed by atoms with E-state index < -0.39 is 0 Å². The van der Waals surface area contributed by atoms with Crippen LogP contribution in [-0.4, -0.2) is 64.0 Å². The van der Waals surface area contributed by atoms with Gasteiger partial charge in [0.1, 0.15) is 11.2 Å². The van der Waals surface area contributed by atoms with Gasteiger partial charge in [-0.15, -0.1) is 0 Å². The molecule has 3 N–H and O–H groups in total. The van der Waals surface area contributed by atoms with Gasteiger partial charge in [-0.3, -0.25) is 9.36 Å². The first kappa shape index (κ1) is 18.8. The molecular formula is C19H23N7O4. The third-order valence-corrected chi connectivity index (χ3v) is 5.48. The number of hydrogen-bond donors (Lipinski definition) is 3. The molecule has 11 heteroatoms. The summed E-state index contributed by atoms with van der Waals surface area (Å²) in [5, 5.41) is 3.01. The largest absolute Gasteiger partial charge is 0.381 e. The van der Waals surface area contributed by atoms with Gasteiger partial charge in [-0.2, -0.15) is 9.97 Å². The number of morpholine rings is 1. The molecule has 3 aromatic heterocycles. The summed E-state index contributed by atoms with van der Waals surface area (Å²) >= 11 is 0. The molecule has 30 heavy (non-hydrogen) atoms. The zero-order valence-corrected chi connectivity index (χ0v) is 16.4. The van der Waals surface area contributed by atoms with Gasteiger partial charge in [0, 0.05) is 38.5 Å². The van der Waals surface area contributed by atoms with Gasteiger partial charge < -0.3 is 29.7 Å². The van der Waals surface area contributed by atoms with E-state index in [-0.39, 0.29) is 23.2 Å². The van der Waals surface area contributed by atoms with Crippen molar-refractivity contribution in [3.05, 3.63) is 39.2 Å². The molecule has 0 unspecified atom stereocenters. The molecule has 0 aliphatic carbocycles. The van der Waals surface area contributed by atoms with E-state index in [0.717, 1.165) is 12.8 Å². The minimum Gasteiger partial charge on any atom is -0.381 e. The van der Waals surface area contributed by atoms with Crippen molar-refractivity contribution in [3.63, 3.8) is 0 Å². The molecule has 0 aromatic carbocycles. The van der Waals surface area contributed by atoms with Crippen molar-refractivity contribution in [2.45, 2.75) is 18.9 Å². The lowest BCUT2D eigenvalue weighted by Crippen LogP contribution is -2.37. The van der Waals surface area contributed by atoms with E-state index in [0.29, 0.717) is 62.2 Å². The average molecular weight is 413 g/mol. The van der Waals surface area contributed by atoms with Crippen LogP contribution in [0.25, 0.3) is 11.2 Å². The second-order valence-corrected chi connectivity index (χ2v) is 7.35. The smallest absolute Gasteiger partial charge is 0.328 e. The number of nitrogens with zero attached hydrogens (tertiary/aromatic N) is 4. The van der Waals surface area contributed by atoms with E-state index >= 15 is 0 Å². The standard InChI is InChI=1S/C19H23N7O4/c27-17-13(2-1-5-20-17)21-18-23-15(25-6-10-30-11-7-25)14-16(24-18)26(19(28)22-14)12-3-8-29-9-4-12/h1-2,5,12H,3-4,6-11H2,(H,20,27)(H,22,28)(H,21,23,24). The van der Waals surface area contributed by atoms with Crippen molar-refractivity contribution in [2.24, 2.45) is 0 Å². The summed E-state index contributed by atoms with van der Waals surface area (Å²) < 4.78 is 12.6. The zero-order chi connectivity index (χ0) is 20.5. The fourth-order valence-electron chi connectivity index (χ4n) is 3.97. The van der Waals surface area contributed by atoms with E-state index in [1.54, 1.807) is 22.9 Å². The number of anilines is 3. The second kappa shape index (κ2) is 7.92. The van der Waals surface area contributed by atoms with E-state index in [2.05, 4.69) is 30.2 Å². The van der Waals surface area contributed by atoms with Gasteiger partial charge in [-0.1, -0.05) is 0 Å². The maximum atomic E-state index is 12.9. The normalized spacial score (nSPS) is 18.1. The van der Waals surface area contributed by atoms with E-state index in [9.17, 15) is 9.59 Å². The first-order chi connectivity index (χ1) is 14.7. The van der Waals surface area contributed by atoms with Gasteiger partial charge in [0.25, 0.3) is 5.56 Å². The Bertz CT molecular complexity index is 1160. The van der Waals surface area contributed by atoms with Crippen LogP contribution in [0.4, 0.5) is 17.5 Å². The number of nitrogens with one attached hydrogen (secondary N) is 3. The third kappa shape index (κ3) is 3.46. The Balaban J connectivity index is 1.65. The number of imidazole rings is 1. The first-order valence-electron chi connectivity index (χ1n) is 10.1. The number of hydrogen-bond acceptors (Lipinski definition) is 8. The van der Waals surface area contributed by atoms with Crippen LogP contribution in [0.15, 0.2) is 27.9 Å². The molecule has 0 amide bonds. The fraction of sp³-hybridized carbons (Fsp3) is 0.474. The summed E-state index contributed by atoms with van der Waals surface area (Å²) in [7, 11) is 0. The Hall–Kier alpha value is -3.18. The molecule has 0 bridgehead atoms. The van der Waals surface area contributed by atoms with Crippen molar-refractivity contribution in [1.29, 1.82) is 0 Å². The van der Waals surface area contributed by atoms with Gasteiger partial charge in [0.15, 0.2) is 11.5 Å². The topological polar surface area (TPSA) is 130 Å². The summed E-state index contributed by atoms with van der Waals surface area (Å²) in [4.78, 5) is 41.9.